The lowest BCUT2D eigenvalue weighted by Crippen LogP contribution is -2.24. The zero-order valence-electron chi connectivity index (χ0n) is 20.4. The summed E-state index contributed by atoms with van der Waals surface area (Å²) >= 11 is 0. The van der Waals surface area contributed by atoms with E-state index >= 15 is 0 Å². The summed E-state index contributed by atoms with van der Waals surface area (Å²) in [7, 11) is -2.45. The maximum Gasteiger partial charge on any atom is 0.144 e. The number of hydrogen-bond donors (Lipinski definition) is 0. The molecule has 0 amide bonds. The Bertz CT molecular complexity index is 1390. The Kier molecular flexibility index (Phi) is 2.94. The van der Waals surface area contributed by atoms with E-state index in [9.17, 15) is 5.26 Å². The van der Waals surface area contributed by atoms with E-state index in [1.165, 1.54) is 6.20 Å². The molecule has 4 aromatic rings. The van der Waals surface area contributed by atoms with E-state index in [2.05, 4.69) is 11.1 Å². The van der Waals surface area contributed by atoms with E-state index < -0.39 is 20.9 Å². The first-order chi connectivity index (χ1) is 14.8. The van der Waals surface area contributed by atoms with Crippen LogP contribution in [0.1, 0.15) is 23.5 Å². The van der Waals surface area contributed by atoms with E-state index in [4.69, 9.17) is 11.3 Å². The Hall–Kier alpha value is -2.90. The number of fused-ring (bicyclic) bond motifs is 3. The summed E-state index contributed by atoms with van der Waals surface area (Å²) in [6.45, 7) is 3.16. The van der Waals surface area contributed by atoms with Crippen molar-refractivity contribution >= 4 is 30.0 Å². The van der Waals surface area contributed by atoms with E-state index in [1.807, 2.05) is 43.9 Å². The fourth-order valence-electron chi connectivity index (χ4n) is 3.18. The van der Waals surface area contributed by atoms with Crippen LogP contribution in [0, 0.1) is 18.2 Å². The molecule has 0 fully saturated rings. The van der Waals surface area contributed by atoms with Gasteiger partial charge in [-0.05, 0) is 54.3 Å². The number of para-hydroxylation sites is 1. The lowest BCUT2D eigenvalue weighted by atomic mass is 10.0. The fraction of sp³-hybridized carbons (Fsp3) is 0.217. The molecule has 27 heavy (non-hydrogen) atoms. The lowest BCUT2D eigenvalue weighted by molar-refractivity contribution is 0.669. The number of hydrogen-bond acceptors (Lipinski definition) is 3. The zero-order valence-corrected chi connectivity index (χ0v) is 16.4. The van der Waals surface area contributed by atoms with Crippen molar-refractivity contribution in [3.05, 3.63) is 65.4 Å². The number of aryl methyl sites for hydroxylation is 1. The summed E-state index contributed by atoms with van der Waals surface area (Å²) in [5.74, 6) is -1.78. The van der Waals surface area contributed by atoms with Gasteiger partial charge < -0.3 is 4.42 Å². The maximum atomic E-state index is 9.19. The van der Waals surface area contributed by atoms with Crippen molar-refractivity contribution in [1.29, 1.82) is 5.26 Å². The van der Waals surface area contributed by atoms with Crippen molar-refractivity contribution < 1.29 is 11.3 Å². The Balaban J connectivity index is 2.00. The van der Waals surface area contributed by atoms with Gasteiger partial charge in [0.2, 0.25) is 0 Å². The van der Waals surface area contributed by atoms with E-state index in [0.717, 1.165) is 10.8 Å². The van der Waals surface area contributed by atoms with Gasteiger partial charge in [0.05, 0.1) is 17.3 Å². The third kappa shape index (κ3) is 3.27. The highest BCUT2D eigenvalue weighted by Crippen LogP contribution is 2.36. The normalized spacial score (nSPS) is 15.6. The number of pyridine rings is 1. The van der Waals surface area contributed by atoms with Crippen LogP contribution in [0.4, 0.5) is 0 Å². The summed E-state index contributed by atoms with van der Waals surface area (Å²) < 4.78 is 47.4. The van der Waals surface area contributed by atoms with Crippen LogP contribution in [0.3, 0.4) is 0 Å². The third-order valence-electron chi connectivity index (χ3n) is 4.32. The third-order valence-corrected chi connectivity index (χ3v) is 5.34. The SMILES string of the molecule is [2H]C([2H])([2H])c1cnc(-c2cccc3c2oc2cc(C#N)ccc23)cc1C([2H])([2H])[Si](C)(C)C. The predicted molar refractivity (Wildman–Crippen MR) is 113 cm³/mol. The lowest BCUT2D eigenvalue weighted by Gasteiger charge is -2.18. The van der Waals surface area contributed by atoms with Gasteiger partial charge in [-0.25, -0.2) is 0 Å². The van der Waals surface area contributed by atoms with Crippen LogP contribution in [0.2, 0.25) is 19.6 Å². The molecule has 4 rings (SSSR count). The monoisotopic (exact) mass is 375 g/mol. The molecule has 0 N–H and O–H groups in total. The minimum Gasteiger partial charge on any atom is -0.455 e. The van der Waals surface area contributed by atoms with Crippen LogP contribution in [0.15, 0.2) is 53.1 Å². The van der Waals surface area contributed by atoms with Gasteiger partial charge in [0, 0.05) is 37.5 Å². The minimum absolute atomic E-state index is 0.0656. The van der Waals surface area contributed by atoms with Crippen molar-refractivity contribution in [2.75, 3.05) is 0 Å². The second-order valence-electron chi connectivity index (χ2n) is 7.60. The zero-order chi connectivity index (χ0) is 23.5. The molecular formula is C23H22N2OSi. The second-order valence-corrected chi connectivity index (χ2v) is 12.3. The molecule has 0 unspecified atom stereocenters. The van der Waals surface area contributed by atoms with E-state index in [-0.39, 0.29) is 11.1 Å². The molecular weight excluding hydrogens is 348 g/mol. The molecule has 3 nitrogen and oxygen atoms in total. The fourth-order valence-corrected chi connectivity index (χ4v) is 4.19. The predicted octanol–water partition coefficient (Wildman–Crippen LogP) is 6.25. The molecule has 0 bridgehead atoms. The summed E-state index contributed by atoms with van der Waals surface area (Å²) in [4.78, 5) is 4.40. The summed E-state index contributed by atoms with van der Waals surface area (Å²) in [6, 6.07) is 14.5. The molecule has 2 heterocycles. The molecule has 0 spiro atoms. The first kappa shape index (κ1) is 12.5. The second kappa shape index (κ2) is 6.36. The number of nitrogens with zero attached hydrogens (tertiary/aromatic N) is 2. The Labute approximate surface area is 167 Å². The maximum absolute atomic E-state index is 9.19. The van der Waals surface area contributed by atoms with Crippen LogP contribution >= 0.6 is 0 Å². The van der Waals surface area contributed by atoms with Crippen LogP contribution in [-0.4, -0.2) is 13.1 Å². The molecule has 0 aliphatic rings. The average Bonchev–Trinajstić information content (AvgIpc) is 3.09. The number of benzene rings is 2. The number of rotatable bonds is 3. The minimum atomic E-state index is -2.48. The number of nitriles is 1. The highest BCUT2D eigenvalue weighted by Gasteiger charge is 2.18. The van der Waals surface area contributed by atoms with Crippen LogP contribution in [-0.2, 0) is 6.00 Å². The summed E-state index contributed by atoms with van der Waals surface area (Å²) in [5, 5.41) is 10.9. The van der Waals surface area contributed by atoms with Gasteiger partial charge in [-0.3, -0.25) is 4.98 Å². The highest BCUT2D eigenvalue weighted by molar-refractivity contribution is 6.75. The van der Waals surface area contributed by atoms with Gasteiger partial charge in [-0.1, -0.05) is 31.8 Å². The quantitative estimate of drug-likeness (QED) is 0.398. The Morgan fingerprint density at radius 3 is 2.78 bits per heavy atom. The number of aromatic nitrogens is 1. The van der Waals surface area contributed by atoms with Crippen LogP contribution in [0.5, 0.6) is 0 Å². The molecule has 0 saturated carbocycles. The molecule has 2 aromatic heterocycles. The van der Waals surface area contributed by atoms with Crippen molar-refractivity contribution in [2.24, 2.45) is 0 Å². The molecule has 0 saturated heterocycles. The van der Waals surface area contributed by atoms with Crippen LogP contribution in [0.25, 0.3) is 33.2 Å². The topological polar surface area (TPSA) is 49.8 Å². The van der Waals surface area contributed by atoms with E-state index in [0.29, 0.717) is 28.0 Å². The Morgan fingerprint density at radius 1 is 1.19 bits per heavy atom. The van der Waals surface area contributed by atoms with Crippen molar-refractivity contribution in [1.82, 2.24) is 4.98 Å². The van der Waals surface area contributed by atoms with Crippen LogP contribution < -0.4 is 0 Å². The van der Waals surface area contributed by atoms with Crippen molar-refractivity contribution in [3.8, 4) is 17.3 Å². The standard InChI is InChI=1S/C23H22N2OSi/c1-15-13-25-21(11-17(15)14-27(2,3)4)20-7-5-6-19-18-9-8-16(12-24)10-22(18)26-23(19)20/h5-11,13H,14H2,1-4H3/i1D3,14D2. The summed E-state index contributed by atoms with van der Waals surface area (Å²) in [6.07, 6.45) is 1.27. The van der Waals surface area contributed by atoms with E-state index in [1.54, 1.807) is 18.2 Å². The van der Waals surface area contributed by atoms with Crippen molar-refractivity contribution in [2.45, 2.75) is 32.5 Å². The van der Waals surface area contributed by atoms with Gasteiger partial charge >= 0.3 is 0 Å². The first-order valence-electron chi connectivity index (χ1n) is 11.2. The van der Waals surface area contributed by atoms with Gasteiger partial charge in [0.1, 0.15) is 11.2 Å². The van der Waals surface area contributed by atoms with Gasteiger partial charge in [-0.15, -0.1) is 0 Å². The number of furan rings is 1. The molecule has 134 valence electrons. The van der Waals surface area contributed by atoms with Gasteiger partial charge in [0.25, 0.3) is 0 Å². The summed E-state index contributed by atoms with van der Waals surface area (Å²) in [5.41, 5.74) is 2.80. The molecule has 0 aliphatic carbocycles. The van der Waals surface area contributed by atoms with Crippen molar-refractivity contribution in [3.63, 3.8) is 0 Å². The first-order valence-corrected chi connectivity index (χ1v) is 12.2. The average molecular weight is 376 g/mol. The molecule has 0 radical (unpaired) electrons. The molecule has 0 aliphatic heterocycles. The van der Waals surface area contributed by atoms with Gasteiger partial charge in [0.15, 0.2) is 0 Å². The Morgan fingerprint density at radius 2 is 2.04 bits per heavy atom. The molecule has 4 heteroatoms. The molecule has 2 aromatic carbocycles. The smallest absolute Gasteiger partial charge is 0.144 e. The molecule has 0 atom stereocenters. The van der Waals surface area contributed by atoms with Gasteiger partial charge in [-0.2, -0.15) is 5.26 Å². The highest BCUT2D eigenvalue weighted by atomic mass is 28.3. The largest absolute Gasteiger partial charge is 0.455 e.